The van der Waals surface area contributed by atoms with Crippen LogP contribution in [0.15, 0.2) is 48.5 Å². The molecule has 2 aliphatic heterocycles. The van der Waals surface area contributed by atoms with Crippen LogP contribution < -0.4 is 0 Å². The number of ether oxygens (including phenoxy) is 2. The number of carbonyl (C=O) groups excluding carboxylic acids is 4. The molecule has 184 valence electrons. The molecule has 8 nitrogen and oxygen atoms in total. The molecule has 2 atom stereocenters. The summed E-state index contributed by atoms with van der Waals surface area (Å²) in [6, 6.07) is 13.5. The summed E-state index contributed by atoms with van der Waals surface area (Å²) in [7, 11) is 2.71. The van der Waals surface area contributed by atoms with Gasteiger partial charge in [0.1, 0.15) is 12.1 Å². The Morgan fingerprint density at radius 3 is 1.73 bits per heavy atom. The average Bonchev–Trinajstić information content (AvgIpc) is 3.63. The molecule has 2 aliphatic rings. The van der Waals surface area contributed by atoms with Crippen LogP contribution in [0.4, 0.5) is 0 Å². The predicted octanol–water partition coefficient (Wildman–Crippen LogP) is 2.36. The minimum atomic E-state index is -0.410. The molecule has 0 saturated carbocycles. The molecule has 0 spiro atoms. The summed E-state index contributed by atoms with van der Waals surface area (Å²) in [5.74, 6) is -0.814. The number of esters is 2. The van der Waals surface area contributed by atoms with E-state index >= 15 is 0 Å². The topological polar surface area (TPSA) is 93.2 Å². The standard InChI is InChI=1S/2C12H14NO3.Fe/c2*1-16-12(15)10-7-4-8-13(10)11(14)9-5-2-3-6-9;/h2*2-3,5-6,10H,4,7-8H2,1H3;/q-5;-1;. The van der Waals surface area contributed by atoms with Crippen LogP contribution in [0.1, 0.15) is 46.4 Å². The van der Waals surface area contributed by atoms with Gasteiger partial charge in [0.25, 0.3) is 0 Å². The fraction of sp³-hybridized carbons (Fsp3) is 0.417. The SMILES string of the molecule is COC(=O)C1CCCN1C(=O)[c-]1[cH-][cH-][cH-][cH-]1.COC(=O)C1CCCN1C(=O)[c-]1cccc1.[Fe]. The number of methoxy groups -OCH3 is 2. The van der Waals surface area contributed by atoms with Gasteiger partial charge in [0.05, 0.1) is 14.2 Å². The van der Waals surface area contributed by atoms with E-state index in [0.29, 0.717) is 37.1 Å². The zero-order valence-corrected chi connectivity index (χ0v) is 19.8. The molecule has 2 fully saturated rings. The van der Waals surface area contributed by atoms with Crippen molar-refractivity contribution in [2.45, 2.75) is 37.8 Å². The number of likely N-dealkylation sites (tertiary alicyclic amines) is 2. The van der Waals surface area contributed by atoms with E-state index in [1.54, 1.807) is 34.1 Å². The van der Waals surface area contributed by atoms with E-state index in [1.165, 1.54) is 14.2 Å². The predicted molar refractivity (Wildman–Crippen MR) is 116 cm³/mol. The molecule has 2 aromatic rings. The second-order valence-corrected chi connectivity index (χ2v) is 7.71. The third kappa shape index (κ3) is 6.12. The minimum Gasteiger partial charge on any atom is -0.699 e. The van der Waals surface area contributed by atoms with Crippen molar-refractivity contribution in [3.05, 3.63) is 59.7 Å². The number of carbonyl (C=O) groups is 4. The smallest absolute Gasteiger partial charge is 0.328 e. The first-order chi connectivity index (χ1) is 15.5. The summed E-state index contributed by atoms with van der Waals surface area (Å²) in [5.41, 5.74) is 1.27. The number of nitrogens with zero attached hydrogens (tertiary/aromatic N) is 2. The molecule has 2 heterocycles. The van der Waals surface area contributed by atoms with E-state index in [2.05, 4.69) is 0 Å². The molecule has 33 heavy (non-hydrogen) atoms. The molecule has 0 aliphatic carbocycles. The Morgan fingerprint density at radius 2 is 1.27 bits per heavy atom. The fourth-order valence-electron chi connectivity index (χ4n) is 4.15. The van der Waals surface area contributed by atoms with Crippen molar-refractivity contribution in [2.24, 2.45) is 0 Å². The van der Waals surface area contributed by atoms with Gasteiger partial charge in [-0.25, -0.2) is 21.7 Å². The van der Waals surface area contributed by atoms with E-state index in [0.717, 1.165) is 12.8 Å². The fourth-order valence-corrected chi connectivity index (χ4v) is 4.15. The Balaban J connectivity index is 0.000000227. The second kappa shape index (κ2) is 12.4. The molecule has 2 saturated heterocycles. The van der Waals surface area contributed by atoms with Gasteiger partial charge < -0.3 is 53.9 Å². The minimum absolute atomic E-state index is 0. The van der Waals surface area contributed by atoms with Crippen LogP contribution >= 0.6 is 0 Å². The monoisotopic (exact) mass is 496 g/mol. The number of hydrogen-bond acceptors (Lipinski definition) is 6. The molecule has 9 heteroatoms. The summed E-state index contributed by atoms with van der Waals surface area (Å²) in [4.78, 5) is 50.3. The third-order valence-electron chi connectivity index (χ3n) is 5.79. The maximum atomic E-state index is 12.1. The van der Waals surface area contributed by atoms with E-state index in [1.807, 2.05) is 24.3 Å². The molecule has 0 radical (unpaired) electrons. The van der Waals surface area contributed by atoms with Gasteiger partial charge in [0.2, 0.25) is 0 Å². The number of hydrogen-bond donors (Lipinski definition) is 0. The van der Waals surface area contributed by atoms with Crippen molar-refractivity contribution in [3.63, 3.8) is 0 Å². The van der Waals surface area contributed by atoms with Gasteiger partial charge in [0, 0.05) is 23.6 Å². The van der Waals surface area contributed by atoms with E-state index in [9.17, 15) is 19.2 Å². The molecule has 0 bridgehead atoms. The first-order valence-electron chi connectivity index (χ1n) is 10.7. The average molecular weight is 496 g/mol. The van der Waals surface area contributed by atoms with Crippen molar-refractivity contribution in [1.29, 1.82) is 0 Å². The van der Waals surface area contributed by atoms with Crippen LogP contribution in [0, 0.1) is 0 Å². The van der Waals surface area contributed by atoms with Crippen LogP contribution in [0.3, 0.4) is 0 Å². The van der Waals surface area contributed by atoms with Crippen molar-refractivity contribution >= 4 is 23.8 Å². The Bertz CT molecular complexity index is 849. The van der Waals surface area contributed by atoms with Crippen molar-refractivity contribution < 1.29 is 45.7 Å². The molecule has 0 N–H and O–H groups in total. The van der Waals surface area contributed by atoms with Gasteiger partial charge in [-0.15, -0.1) is 0 Å². The summed E-state index contributed by atoms with van der Waals surface area (Å²) < 4.78 is 9.40. The van der Waals surface area contributed by atoms with Gasteiger partial charge in [-0.3, -0.25) is 4.79 Å². The van der Waals surface area contributed by atoms with Crippen LogP contribution in [-0.4, -0.2) is 72.9 Å². The molecule has 2 amide bonds. The van der Waals surface area contributed by atoms with Gasteiger partial charge in [-0.1, -0.05) is 5.56 Å². The first-order valence-corrected chi connectivity index (χ1v) is 10.7. The molecule has 4 rings (SSSR count). The van der Waals surface area contributed by atoms with Gasteiger partial charge >= 0.3 is 11.9 Å². The maximum absolute atomic E-state index is 12.1. The van der Waals surface area contributed by atoms with Crippen LogP contribution in [0.25, 0.3) is 0 Å². The number of amides is 2. The molecular formula is C24H28FeN2O6-6. The maximum Gasteiger partial charge on any atom is 0.328 e. The molecule has 0 aromatic heterocycles. The van der Waals surface area contributed by atoms with Crippen LogP contribution in [0.5, 0.6) is 0 Å². The van der Waals surface area contributed by atoms with E-state index in [-0.39, 0.29) is 40.8 Å². The normalized spacial score (nSPS) is 19.2. The Morgan fingerprint density at radius 1 is 0.818 bits per heavy atom. The molecule has 2 aromatic carbocycles. The quantitative estimate of drug-likeness (QED) is 0.367. The molecule has 2 unspecified atom stereocenters. The Kier molecular flexibility index (Phi) is 9.88. The Hall–Kier alpha value is -2.90. The summed E-state index contributed by atoms with van der Waals surface area (Å²) in [5, 5.41) is 0. The van der Waals surface area contributed by atoms with Gasteiger partial charge in [-0.2, -0.15) is 18.0 Å². The third-order valence-corrected chi connectivity index (χ3v) is 5.79. The number of rotatable bonds is 4. The van der Waals surface area contributed by atoms with Crippen molar-refractivity contribution in [3.8, 4) is 0 Å². The van der Waals surface area contributed by atoms with Crippen LogP contribution in [0.2, 0.25) is 0 Å². The van der Waals surface area contributed by atoms with E-state index in [4.69, 9.17) is 9.47 Å². The van der Waals surface area contributed by atoms with Crippen LogP contribution in [-0.2, 0) is 36.1 Å². The zero-order chi connectivity index (χ0) is 23.1. The Labute approximate surface area is 204 Å². The van der Waals surface area contributed by atoms with Gasteiger partial charge in [-0.05, 0) is 32.2 Å². The summed E-state index contributed by atoms with van der Waals surface area (Å²) >= 11 is 0. The summed E-state index contributed by atoms with van der Waals surface area (Å²) in [6.45, 7) is 1.26. The van der Waals surface area contributed by atoms with Crippen molar-refractivity contribution in [1.82, 2.24) is 9.80 Å². The van der Waals surface area contributed by atoms with E-state index < -0.39 is 12.1 Å². The second-order valence-electron chi connectivity index (χ2n) is 7.71. The first kappa shape index (κ1) is 26.4. The molecular weight excluding hydrogens is 468 g/mol. The summed E-state index contributed by atoms with van der Waals surface area (Å²) in [6.07, 6.45) is 3.09. The van der Waals surface area contributed by atoms with Crippen molar-refractivity contribution in [2.75, 3.05) is 27.3 Å². The van der Waals surface area contributed by atoms with Gasteiger partial charge in [0.15, 0.2) is 5.91 Å². The largest absolute Gasteiger partial charge is 0.699 e. The zero-order valence-electron chi connectivity index (χ0n) is 18.7.